The molecule has 0 radical (unpaired) electrons. The lowest BCUT2D eigenvalue weighted by molar-refractivity contribution is 0.284. The van der Waals surface area contributed by atoms with Gasteiger partial charge in [-0.05, 0) is 56.0 Å². The van der Waals surface area contributed by atoms with Crippen LogP contribution in [0.5, 0.6) is 0 Å². The summed E-state index contributed by atoms with van der Waals surface area (Å²) < 4.78 is 12.6. The van der Waals surface area contributed by atoms with Gasteiger partial charge in [0.2, 0.25) is 0 Å². The van der Waals surface area contributed by atoms with Crippen molar-refractivity contribution < 1.29 is 4.21 Å². The Morgan fingerprint density at radius 1 is 1.24 bits per heavy atom. The molecule has 1 fully saturated rings. The van der Waals surface area contributed by atoms with Crippen molar-refractivity contribution in [3.05, 3.63) is 29.3 Å². The Hall–Kier alpha value is -0.380. The first kappa shape index (κ1) is 17.0. The maximum Gasteiger partial charge on any atom is 0.0545 e. The fourth-order valence-electron chi connectivity index (χ4n) is 3.07. The van der Waals surface area contributed by atoms with Crippen LogP contribution in [0.25, 0.3) is 0 Å². The minimum absolute atomic E-state index is 0.377. The van der Waals surface area contributed by atoms with Crippen LogP contribution in [0.2, 0.25) is 5.02 Å². The first-order valence-corrected chi connectivity index (χ1v) is 9.77. The van der Waals surface area contributed by atoms with Crippen molar-refractivity contribution in [2.45, 2.75) is 56.4 Å². The van der Waals surface area contributed by atoms with Crippen LogP contribution in [-0.4, -0.2) is 22.5 Å². The van der Waals surface area contributed by atoms with Gasteiger partial charge in [-0.2, -0.15) is 0 Å². The van der Waals surface area contributed by atoms with Gasteiger partial charge < -0.3 is 5.32 Å². The molecule has 1 aromatic rings. The zero-order valence-corrected chi connectivity index (χ0v) is 14.4. The van der Waals surface area contributed by atoms with Crippen molar-refractivity contribution >= 4 is 22.4 Å². The zero-order valence-electron chi connectivity index (χ0n) is 12.8. The lowest BCUT2D eigenvalue weighted by Crippen LogP contribution is -2.41. The number of nitrogens with one attached hydrogen (secondary N) is 1. The Kier molecular flexibility index (Phi) is 7.21. The molecule has 2 nitrogen and oxygen atoms in total. The highest BCUT2D eigenvalue weighted by Gasteiger charge is 2.25. The van der Waals surface area contributed by atoms with E-state index in [-0.39, 0.29) is 0 Å². The summed E-state index contributed by atoms with van der Waals surface area (Å²) >= 11 is 5.90. The second-order valence-corrected chi connectivity index (χ2v) is 7.86. The molecule has 0 saturated heterocycles. The third-order valence-corrected chi connectivity index (χ3v) is 5.99. The van der Waals surface area contributed by atoms with Gasteiger partial charge >= 0.3 is 0 Å². The molecular formula is C17H26ClNOS. The molecule has 0 heterocycles. The Bertz CT molecular complexity index is 443. The smallest absolute Gasteiger partial charge is 0.0545 e. The van der Waals surface area contributed by atoms with Crippen LogP contribution in [0.15, 0.2) is 29.2 Å². The van der Waals surface area contributed by atoms with Gasteiger partial charge in [-0.15, -0.1) is 0 Å². The van der Waals surface area contributed by atoms with Crippen molar-refractivity contribution in [2.75, 3.05) is 12.3 Å². The van der Waals surface area contributed by atoms with Crippen molar-refractivity contribution in [3.8, 4) is 0 Å². The van der Waals surface area contributed by atoms with Gasteiger partial charge in [0.05, 0.1) is 10.8 Å². The van der Waals surface area contributed by atoms with Crippen LogP contribution in [-0.2, 0) is 10.8 Å². The third kappa shape index (κ3) is 5.39. The fourth-order valence-corrected chi connectivity index (χ4v) is 4.55. The minimum atomic E-state index is -0.948. The van der Waals surface area contributed by atoms with Crippen LogP contribution in [0.4, 0.5) is 0 Å². The van der Waals surface area contributed by atoms with Gasteiger partial charge in [0, 0.05) is 21.7 Å². The first-order chi connectivity index (χ1) is 10.2. The van der Waals surface area contributed by atoms with E-state index in [1.54, 1.807) is 0 Å². The van der Waals surface area contributed by atoms with Crippen molar-refractivity contribution in [2.24, 2.45) is 5.92 Å². The quantitative estimate of drug-likeness (QED) is 0.804. The number of hydrogen-bond donors (Lipinski definition) is 1. The summed E-state index contributed by atoms with van der Waals surface area (Å²) in [7, 11) is -0.948. The first-order valence-electron chi connectivity index (χ1n) is 8.08. The van der Waals surface area contributed by atoms with E-state index in [2.05, 4.69) is 12.2 Å². The normalized spacial score (nSPS) is 19.3. The molecule has 1 aliphatic carbocycles. The highest BCUT2D eigenvalue weighted by molar-refractivity contribution is 7.85. The van der Waals surface area contributed by atoms with Crippen LogP contribution >= 0.6 is 11.6 Å². The van der Waals surface area contributed by atoms with E-state index in [4.69, 9.17) is 11.6 Å². The molecule has 21 heavy (non-hydrogen) atoms. The van der Waals surface area contributed by atoms with Gasteiger partial charge in [-0.1, -0.05) is 37.8 Å². The van der Waals surface area contributed by atoms with Crippen molar-refractivity contribution in [1.29, 1.82) is 0 Å². The van der Waals surface area contributed by atoms with E-state index < -0.39 is 10.8 Å². The third-order valence-electron chi connectivity index (χ3n) is 4.28. The summed E-state index contributed by atoms with van der Waals surface area (Å²) in [5, 5.41) is 4.33. The lowest BCUT2D eigenvalue weighted by Gasteiger charge is -2.31. The standard InChI is InChI=1S/C17H26ClNOS/c1-2-12-19-17(14-6-4-3-5-7-14)13-21(20)16-10-8-15(18)9-11-16/h8-11,14,17,19H,2-7,12-13H2,1H3. The van der Waals surface area contributed by atoms with Crippen molar-refractivity contribution in [1.82, 2.24) is 5.32 Å². The monoisotopic (exact) mass is 327 g/mol. The summed E-state index contributed by atoms with van der Waals surface area (Å²) in [5.41, 5.74) is 0. The molecule has 0 bridgehead atoms. The predicted octanol–water partition coefficient (Wildman–Crippen LogP) is 4.40. The van der Waals surface area contributed by atoms with Crippen molar-refractivity contribution in [3.63, 3.8) is 0 Å². The number of halogens is 1. The molecule has 1 aliphatic rings. The van der Waals surface area contributed by atoms with Crippen LogP contribution < -0.4 is 5.32 Å². The van der Waals surface area contributed by atoms with Gasteiger partial charge in [0.1, 0.15) is 0 Å². The average Bonchev–Trinajstić information content (AvgIpc) is 2.52. The van der Waals surface area contributed by atoms with Gasteiger partial charge in [0.25, 0.3) is 0 Å². The molecule has 2 atom stereocenters. The predicted molar refractivity (Wildman–Crippen MR) is 91.4 cm³/mol. The van der Waals surface area contributed by atoms with Crippen LogP contribution in [0, 0.1) is 5.92 Å². The van der Waals surface area contributed by atoms with E-state index in [1.165, 1.54) is 32.1 Å². The second kappa shape index (κ2) is 8.92. The van der Waals surface area contributed by atoms with E-state index in [1.807, 2.05) is 24.3 Å². The minimum Gasteiger partial charge on any atom is -0.313 e. The Balaban J connectivity index is 1.99. The van der Waals surface area contributed by atoms with E-state index >= 15 is 0 Å². The van der Waals surface area contributed by atoms with Gasteiger partial charge in [-0.3, -0.25) is 4.21 Å². The lowest BCUT2D eigenvalue weighted by atomic mass is 9.84. The highest BCUT2D eigenvalue weighted by Crippen LogP contribution is 2.27. The SMILES string of the molecule is CCCNC(CS(=O)c1ccc(Cl)cc1)C1CCCCC1. The van der Waals surface area contributed by atoms with E-state index in [0.717, 1.165) is 17.9 Å². The Morgan fingerprint density at radius 3 is 2.52 bits per heavy atom. The molecule has 118 valence electrons. The summed E-state index contributed by atoms with van der Waals surface area (Å²) in [6.45, 7) is 3.19. The van der Waals surface area contributed by atoms with E-state index in [0.29, 0.717) is 22.7 Å². The van der Waals surface area contributed by atoms with E-state index in [9.17, 15) is 4.21 Å². The maximum atomic E-state index is 12.6. The van der Waals surface area contributed by atoms with Crippen LogP contribution in [0.1, 0.15) is 45.4 Å². The topological polar surface area (TPSA) is 29.1 Å². The molecule has 1 saturated carbocycles. The zero-order chi connectivity index (χ0) is 15.1. The molecular weight excluding hydrogens is 302 g/mol. The van der Waals surface area contributed by atoms with Crippen LogP contribution in [0.3, 0.4) is 0 Å². The number of hydrogen-bond acceptors (Lipinski definition) is 2. The Labute approximate surface area is 136 Å². The molecule has 0 aliphatic heterocycles. The summed E-state index contributed by atoms with van der Waals surface area (Å²) in [5.74, 6) is 1.40. The second-order valence-electron chi connectivity index (χ2n) is 5.92. The molecule has 1 N–H and O–H groups in total. The summed E-state index contributed by atoms with van der Waals surface area (Å²) in [6.07, 6.45) is 7.68. The molecule has 1 aromatic carbocycles. The molecule has 0 aromatic heterocycles. The fraction of sp³-hybridized carbons (Fsp3) is 0.647. The highest BCUT2D eigenvalue weighted by atomic mass is 35.5. The largest absolute Gasteiger partial charge is 0.313 e. The average molecular weight is 328 g/mol. The molecule has 2 unspecified atom stereocenters. The number of benzene rings is 1. The molecule has 0 amide bonds. The number of rotatable bonds is 7. The summed E-state index contributed by atoms with van der Waals surface area (Å²) in [4.78, 5) is 0.888. The van der Waals surface area contributed by atoms with Gasteiger partial charge in [-0.25, -0.2) is 0 Å². The molecule has 4 heteroatoms. The maximum absolute atomic E-state index is 12.6. The molecule has 2 rings (SSSR count). The Morgan fingerprint density at radius 2 is 1.90 bits per heavy atom. The molecule has 0 spiro atoms. The van der Waals surface area contributed by atoms with Gasteiger partial charge in [0.15, 0.2) is 0 Å². The summed E-state index contributed by atoms with van der Waals surface area (Å²) in [6, 6.07) is 7.79.